The predicted molar refractivity (Wildman–Crippen MR) is 113 cm³/mol. The number of alkyl halides is 4. The van der Waals surface area contributed by atoms with E-state index in [4.69, 9.17) is 0 Å². The highest BCUT2D eigenvalue weighted by Gasteiger charge is 2.49. The number of piperidine rings is 1. The van der Waals surface area contributed by atoms with Crippen molar-refractivity contribution >= 4 is 23.4 Å². The summed E-state index contributed by atoms with van der Waals surface area (Å²) in [6, 6.07) is 5.29. The van der Waals surface area contributed by atoms with E-state index in [1.165, 1.54) is 34.9 Å². The standard InChI is InChI=1S/C20H22F4N6S/c1-12-9-29(10-13(6-27-31-2)20(12,23)24)17-5-3-4-14(28-17)16-7-26-18-8-25-15(19(21)22)11-30(16)18/h3-5,7-8,11-13,19,27H,6,9-10H2,1-2H3. The fourth-order valence-corrected chi connectivity index (χ4v) is 4.20. The van der Waals surface area contributed by atoms with E-state index < -0.39 is 24.2 Å². The van der Waals surface area contributed by atoms with Crippen molar-refractivity contribution in [3.63, 3.8) is 0 Å². The summed E-state index contributed by atoms with van der Waals surface area (Å²) in [5, 5.41) is 0. The molecule has 4 rings (SSSR count). The molecule has 0 aliphatic carbocycles. The van der Waals surface area contributed by atoms with Crippen LogP contribution in [-0.4, -0.2) is 51.2 Å². The van der Waals surface area contributed by atoms with Gasteiger partial charge >= 0.3 is 0 Å². The highest BCUT2D eigenvalue weighted by atomic mass is 32.2. The fraction of sp³-hybridized carbons (Fsp3) is 0.450. The van der Waals surface area contributed by atoms with Crippen LogP contribution >= 0.6 is 11.9 Å². The molecule has 166 valence electrons. The maximum atomic E-state index is 14.7. The number of hydrogen-bond acceptors (Lipinski definition) is 6. The highest BCUT2D eigenvalue weighted by Crippen LogP contribution is 2.39. The van der Waals surface area contributed by atoms with Crippen molar-refractivity contribution in [1.82, 2.24) is 24.1 Å². The van der Waals surface area contributed by atoms with Gasteiger partial charge in [-0.1, -0.05) is 24.9 Å². The van der Waals surface area contributed by atoms with Crippen LogP contribution < -0.4 is 9.62 Å². The zero-order valence-electron chi connectivity index (χ0n) is 17.0. The number of nitrogens with one attached hydrogen (secondary N) is 1. The summed E-state index contributed by atoms with van der Waals surface area (Å²) in [5.41, 5.74) is 1.09. The van der Waals surface area contributed by atoms with Gasteiger partial charge in [0.25, 0.3) is 12.3 Å². The van der Waals surface area contributed by atoms with Crippen LogP contribution in [0.5, 0.6) is 0 Å². The van der Waals surface area contributed by atoms with Crippen molar-refractivity contribution in [2.75, 3.05) is 30.8 Å². The van der Waals surface area contributed by atoms with E-state index in [0.717, 1.165) is 0 Å². The Morgan fingerprint density at radius 2 is 2.03 bits per heavy atom. The Balaban J connectivity index is 1.66. The Hall–Kier alpha value is -2.40. The second kappa shape index (κ2) is 8.62. The lowest BCUT2D eigenvalue weighted by Crippen LogP contribution is -2.55. The first-order chi connectivity index (χ1) is 14.8. The zero-order chi connectivity index (χ0) is 22.2. The molecule has 31 heavy (non-hydrogen) atoms. The molecule has 4 heterocycles. The number of halogens is 4. The van der Waals surface area contributed by atoms with E-state index in [9.17, 15) is 17.6 Å². The minimum atomic E-state index is -2.78. The monoisotopic (exact) mass is 454 g/mol. The van der Waals surface area contributed by atoms with E-state index in [1.54, 1.807) is 31.4 Å². The molecule has 1 fully saturated rings. The molecular formula is C20H22F4N6S. The third kappa shape index (κ3) is 4.20. The third-order valence-electron chi connectivity index (χ3n) is 5.57. The van der Waals surface area contributed by atoms with Crippen molar-refractivity contribution in [3.8, 4) is 11.4 Å². The molecular weight excluding hydrogens is 432 g/mol. The van der Waals surface area contributed by atoms with Crippen LogP contribution in [0.2, 0.25) is 0 Å². The van der Waals surface area contributed by atoms with Crippen molar-refractivity contribution in [2.24, 2.45) is 11.8 Å². The number of rotatable bonds is 6. The first kappa shape index (κ1) is 21.8. The SMILES string of the molecule is CSNCC1CN(c2cccc(-c3cnc4cnc(C(F)F)cn34)n2)CC(C)C1(F)F. The van der Waals surface area contributed by atoms with E-state index in [1.807, 2.05) is 4.90 Å². The molecule has 1 aliphatic heterocycles. The molecule has 2 unspecified atom stereocenters. The second-order valence-corrected chi connectivity index (χ2v) is 8.29. The van der Waals surface area contributed by atoms with Crippen LogP contribution in [0.4, 0.5) is 23.4 Å². The number of anilines is 1. The number of imidazole rings is 1. The molecule has 0 radical (unpaired) electrons. The van der Waals surface area contributed by atoms with Crippen LogP contribution in [0.15, 0.2) is 36.8 Å². The summed E-state index contributed by atoms with van der Waals surface area (Å²) in [6.45, 7) is 2.07. The first-order valence-electron chi connectivity index (χ1n) is 9.78. The maximum absolute atomic E-state index is 14.7. The van der Waals surface area contributed by atoms with E-state index in [0.29, 0.717) is 22.9 Å². The molecule has 1 saturated heterocycles. The Bertz CT molecular complexity index is 1060. The topological polar surface area (TPSA) is 58.3 Å². The number of nitrogens with zero attached hydrogens (tertiary/aromatic N) is 5. The van der Waals surface area contributed by atoms with E-state index in [-0.39, 0.29) is 25.3 Å². The predicted octanol–water partition coefficient (Wildman–Crippen LogP) is 4.30. The molecule has 6 nitrogen and oxygen atoms in total. The van der Waals surface area contributed by atoms with Gasteiger partial charge < -0.3 is 4.90 Å². The summed E-state index contributed by atoms with van der Waals surface area (Å²) in [7, 11) is 0. The van der Waals surface area contributed by atoms with Gasteiger partial charge in [0.1, 0.15) is 11.5 Å². The third-order valence-corrected chi connectivity index (χ3v) is 6.03. The van der Waals surface area contributed by atoms with Gasteiger partial charge in [0.05, 0.1) is 29.7 Å². The lowest BCUT2D eigenvalue weighted by Gasteiger charge is -2.43. The number of pyridine rings is 1. The Kier molecular flexibility index (Phi) is 6.07. The molecule has 3 aromatic heterocycles. The summed E-state index contributed by atoms with van der Waals surface area (Å²) in [5.74, 6) is -3.91. The first-order valence-corrected chi connectivity index (χ1v) is 11.0. The van der Waals surface area contributed by atoms with Gasteiger partial charge in [-0.2, -0.15) is 0 Å². The van der Waals surface area contributed by atoms with Gasteiger partial charge in [0.15, 0.2) is 5.65 Å². The zero-order valence-corrected chi connectivity index (χ0v) is 17.8. The van der Waals surface area contributed by atoms with Gasteiger partial charge in [0, 0.05) is 31.7 Å². The van der Waals surface area contributed by atoms with Gasteiger partial charge in [0.2, 0.25) is 0 Å². The van der Waals surface area contributed by atoms with Crippen molar-refractivity contribution in [3.05, 3.63) is 42.5 Å². The van der Waals surface area contributed by atoms with Crippen molar-refractivity contribution in [2.45, 2.75) is 19.3 Å². The fourth-order valence-electron chi connectivity index (χ4n) is 3.84. The smallest absolute Gasteiger partial charge is 0.281 e. The molecule has 0 saturated carbocycles. The van der Waals surface area contributed by atoms with E-state index in [2.05, 4.69) is 19.7 Å². The number of aromatic nitrogens is 4. The average molecular weight is 454 g/mol. The minimum Gasteiger partial charge on any atom is -0.356 e. The van der Waals surface area contributed by atoms with Crippen LogP contribution in [0.1, 0.15) is 19.0 Å². The molecule has 11 heteroatoms. The lowest BCUT2D eigenvalue weighted by atomic mass is 9.86. The summed E-state index contributed by atoms with van der Waals surface area (Å²) < 4.78 is 60.0. The Morgan fingerprint density at radius 3 is 2.77 bits per heavy atom. The summed E-state index contributed by atoms with van der Waals surface area (Å²) >= 11 is 1.31. The van der Waals surface area contributed by atoms with Crippen molar-refractivity contribution in [1.29, 1.82) is 0 Å². The maximum Gasteiger partial charge on any atom is 0.281 e. The Labute approximate surface area is 181 Å². The number of hydrogen-bond donors (Lipinski definition) is 1. The van der Waals surface area contributed by atoms with Crippen LogP contribution in [0, 0.1) is 11.8 Å². The molecule has 2 atom stereocenters. The summed E-state index contributed by atoms with van der Waals surface area (Å²) in [4.78, 5) is 14.4. The lowest BCUT2D eigenvalue weighted by molar-refractivity contribution is -0.108. The largest absolute Gasteiger partial charge is 0.356 e. The van der Waals surface area contributed by atoms with Gasteiger partial charge in [-0.25, -0.2) is 32.5 Å². The Morgan fingerprint density at radius 1 is 1.23 bits per heavy atom. The quantitative estimate of drug-likeness (QED) is 0.443. The molecule has 0 bridgehead atoms. The average Bonchev–Trinajstić information content (AvgIpc) is 3.18. The van der Waals surface area contributed by atoms with Crippen molar-refractivity contribution < 1.29 is 17.6 Å². The molecule has 0 aromatic carbocycles. The van der Waals surface area contributed by atoms with Crippen LogP contribution in [-0.2, 0) is 0 Å². The highest BCUT2D eigenvalue weighted by molar-refractivity contribution is 7.96. The van der Waals surface area contributed by atoms with Gasteiger partial charge in [-0.05, 0) is 18.4 Å². The van der Waals surface area contributed by atoms with Crippen LogP contribution in [0.3, 0.4) is 0 Å². The molecule has 1 N–H and O–H groups in total. The van der Waals surface area contributed by atoms with Gasteiger partial charge in [-0.3, -0.25) is 9.12 Å². The second-order valence-electron chi connectivity index (χ2n) is 7.60. The van der Waals surface area contributed by atoms with Crippen LogP contribution in [0.25, 0.3) is 17.0 Å². The molecule has 3 aromatic rings. The van der Waals surface area contributed by atoms with Gasteiger partial charge in [-0.15, -0.1) is 0 Å². The van der Waals surface area contributed by atoms with E-state index >= 15 is 0 Å². The minimum absolute atomic E-state index is 0.161. The summed E-state index contributed by atoms with van der Waals surface area (Å²) in [6.07, 6.45) is 3.16. The molecule has 0 amide bonds. The number of fused-ring (bicyclic) bond motifs is 1. The molecule has 0 spiro atoms. The molecule has 1 aliphatic rings. The normalized spacial score (nSPS) is 21.2.